The maximum absolute atomic E-state index is 6.01. The van der Waals surface area contributed by atoms with Crippen molar-refractivity contribution in [1.29, 1.82) is 0 Å². The second kappa shape index (κ2) is 12.1. The molecule has 0 unspecified atom stereocenters. The first kappa shape index (κ1) is 24.3. The van der Waals surface area contributed by atoms with Crippen LogP contribution in [0.5, 0.6) is 0 Å². The van der Waals surface area contributed by atoms with Gasteiger partial charge >= 0.3 is 0 Å². The molecule has 8 heteroatoms. The summed E-state index contributed by atoms with van der Waals surface area (Å²) in [4.78, 5) is 2.49. The van der Waals surface area contributed by atoms with E-state index in [4.69, 9.17) is 24.1 Å². The van der Waals surface area contributed by atoms with Crippen LogP contribution in [0.25, 0.3) is 0 Å². The van der Waals surface area contributed by atoms with Crippen molar-refractivity contribution in [2.24, 2.45) is 5.92 Å². The zero-order valence-corrected chi connectivity index (χ0v) is 21.4. The van der Waals surface area contributed by atoms with Gasteiger partial charge in [-0.15, -0.1) is 10.2 Å². The zero-order valence-electron chi connectivity index (χ0n) is 20.6. The molecule has 0 spiro atoms. The number of nitrogens with zero attached hydrogens (tertiary/aromatic N) is 4. The molecule has 5 rings (SSSR count). The first-order valence-electron chi connectivity index (χ1n) is 13.2. The van der Waals surface area contributed by atoms with E-state index < -0.39 is 0 Å². The van der Waals surface area contributed by atoms with E-state index in [1.165, 1.54) is 50.1 Å². The van der Waals surface area contributed by atoms with E-state index in [2.05, 4.69) is 15.5 Å². The summed E-state index contributed by atoms with van der Waals surface area (Å²) in [6.45, 7) is 5.31. The van der Waals surface area contributed by atoms with Crippen LogP contribution in [0.1, 0.15) is 81.1 Å². The number of ether oxygens (including phenoxy) is 2. The van der Waals surface area contributed by atoms with Gasteiger partial charge < -0.3 is 18.5 Å². The smallest absolute Gasteiger partial charge is 0.191 e. The van der Waals surface area contributed by atoms with Crippen LogP contribution in [0.3, 0.4) is 0 Å². The van der Waals surface area contributed by atoms with Gasteiger partial charge in [-0.05, 0) is 69.7 Å². The predicted molar refractivity (Wildman–Crippen MR) is 133 cm³/mol. The molecule has 3 fully saturated rings. The van der Waals surface area contributed by atoms with E-state index in [9.17, 15) is 0 Å². The molecular formula is C26H40N4O3S. The first-order chi connectivity index (χ1) is 16.8. The Labute approximate surface area is 208 Å². The maximum atomic E-state index is 6.01. The van der Waals surface area contributed by atoms with E-state index in [1.807, 2.05) is 17.8 Å². The van der Waals surface area contributed by atoms with E-state index in [0.29, 0.717) is 18.6 Å². The Bertz CT molecular complexity index is 880. The van der Waals surface area contributed by atoms with Crippen molar-refractivity contribution < 1.29 is 13.9 Å². The fourth-order valence-corrected chi connectivity index (χ4v) is 6.86. The fourth-order valence-electron chi connectivity index (χ4n) is 5.72. The molecule has 2 aliphatic heterocycles. The number of aromatic nitrogens is 3. The third-order valence-corrected chi connectivity index (χ3v) is 8.86. The largest absolute Gasteiger partial charge is 0.462 e. The van der Waals surface area contributed by atoms with Crippen LogP contribution in [-0.4, -0.2) is 58.3 Å². The fraction of sp³-hybridized carbons (Fsp3) is 0.769. The number of hydrogen-bond donors (Lipinski definition) is 0. The standard InChI is InChI=1S/C26H40N4O3S/c1-31-18-24-10-9-23(33-24)16-29-13-11-21(12-14-29)25-27-28-26(30(25)17-22-8-5-15-32-22)34-19-20-6-3-2-4-7-20/h9-10,20-22H,2-8,11-19H2,1H3/t22-/m0/s1. The lowest BCUT2D eigenvalue weighted by Gasteiger charge is -2.31. The third-order valence-electron chi connectivity index (χ3n) is 7.66. The summed E-state index contributed by atoms with van der Waals surface area (Å²) >= 11 is 1.93. The number of methoxy groups -OCH3 is 1. The SMILES string of the molecule is COCc1ccc(CN2CCC(c3nnc(SCC4CCCCC4)n3C[C@@H]3CCCO3)CC2)o1. The molecule has 3 aliphatic rings. The number of furan rings is 1. The van der Waals surface area contributed by atoms with Crippen LogP contribution in [0, 0.1) is 5.92 Å². The van der Waals surface area contributed by atoms with Crippen LogP contribution in [0.15, 0.2) is 21.7 Å². The number of piperidine rings is 1. The molecule has 7 nitrogen and oxygen atoms in total. The Morgan fingerprint density at radius 2 is 1.82 bits per heavy atom. The molecule has 2 saturated heterocycles. The highest BCUT2D eigenvalue weighted by Crippen LogP contribution is 2.34. The summed E-state index contributed by atoms with van der Waals surface area (Å²) < 4.78 is 19.5. The molecule has 34 heavy (non-hydrogen) atoms. The van der Waals surface area contributed by atoms with Gasteiger partial charge in [-0.2, -0.15) is 0 Å². The normalized spacial score (nSPS) is 23.1. The maximum Gasteiger partial charge on any atom is 0.191 e. The molecule has 0 bridgehead atoms. The van der Waals surface area contributed by atoms with E-state index >= 15 is 0 Å². The lowest BCUT2D eigenvalue weighted by atomic mass is 9.91. The van der Waals surface area contributed by atoms with Crippen molar-refractivity contribution in [3.05, 3.63) is 29.5 Å². The van der Waals surface area contributed by atoms with Crippen molar-refractivity contribution in [3.63, 3.8) is 0 Å². The molecule has 188 valence electrons. The molecule has 1 aliphatic carbocycles. The Morgan fingerprint density at radius 3 is 2.59 bits per heavy atom. The van der Waals surface area contributed by atoms with Crippen LogP contribution in [0.4, 0.5) is 0 Å². The minimum atomic E-state index is 0.309. The average molecular weight is 489 g/mol. The monoisotopic (exact) mass is 488 g/mol. The second-order valence-electron chi connectivity index (χ2n) is 10.3. The molecule has 1 atom stereocenters. The average Bonchev–Trinajstić information content (AvgIpc) is 3.62. The van der Waals surface area contributed by atoms with E-state index in [0.717, 1.165) is 74.6 Å². The Hall–Kier alpha value is -1.35. The van der Waals surface area contributed by atoms with E-state index in [1.54, 1.807) is 7.11 Å². The molecule has 2 aromatic heterocycles. The third kappa shape index (κ3) is 6.25. The van der Waals surface area contributed by atoms with Crippen LogP contribution < -0.4 is 0 Å². The van der Waals surface area contributed by atoms with Crippen LogP contribution >= 0.6 is 11.8 Å². The first-order valence-corrected chi connectivity index (χ1v) is 14.2. The number of thioether (sulfide) groups is 1. The number of hydrogen-bond acceptors (Lipinski definition) is 7. The van der Waals surface area contributed by atoms with Crippen molar-refractivity contribution in [2.75, 3.05) is 32.6 Å². The second-order valence-corrected chi connectivity index (χ2v) is 11.2. The van der Waals surface area contributed by atoms with Gasteiger partial charge in [0.05, 0.1) is 19.2 Å². The lowest BCUT2D eigenvalue weighted by molar-refractivity contribution is 0.0930. The Balaban J connectivity index is 1.20. The van der Waals surface area contributed by atoms with Crippen molar-refractivity contribution in [3.8, 4) is 0 Å². The van der Waals surface area contributed by atoms with Crippen molar-refractivity contribution in [2.45, 2.75) is 94.7 Å². The van der Waals surface area contributed by atoms with Gasteiger partial charge in [0.25, 0.3) is 0 Å². The van der Waals surface area contributed by atoms with E-state index in [-0.39, 0.29) is 0 Å². The van der Waals surface area contributed by atoms with Gasteiger partial charge in [-0.3, -0.25) is 4.90 Å². The van der Waals surface area contributed by atoms with Crippen molar-refractivity contribution in [1.82, 2.24) is 19.7 Å². The van der Waals surface area contributed by atoms with Crippen LogP contribution in [-0.2, 0) is 29.2 Å². The van der Waals surface area contributed by atoms with Gasteiger partial charge in [0.2, 0.25) is 0 Å². The summed E-state index contributed by atoms with van der Waals surface area (Å²) in [5.74, 6) is 5.58. The highest BCUT2D eigenvalue weighted by Gasteiger charge is 2.29. The minimum Gasteiger partial charge on any atom is -0.462 e. The lowest BCUT2D eigenvalue weighted by Crippen LogP contribution is -2.33. The molecule has 0 N–H and O–H groups in total. The number of likely N-dealkylation sites (tertiary alicyclic amines) is 1. The van der Waals surface area contributed by atoms with Crippen LogP contribution in [0.2, 0.25) is 0 Å². The summed E-state index contributed by atoms with van der Waals surface area (Å²) in [6, 6.07) is 4.10. The zero-order chi connectivity index (χ0) is 23.2. The molecule has 0 radical (unpaired) electrons. The topological polar surface area (TPSA) is 65.5 Å². The Kier molecular flexibility index (Phi) is 8.64. The Morgan fingerprint density at radius 1 is 1.00 bits per heavy atom. The number of rotatable bonds is 10. The van der Waals surface area contributed by atoms with Gasteiger partial charge in [0.1, 0.15) is 24.0 Å². The minimum absolute atomic E-state index is 0.309. The van der Waals surface area contributed by atoms with Gasteiger partial charge in [-0.25, -0.2) is 0 Å². The van der Waals surface area contributed by atoms with Gasteiger partial charge in [0.15, 0.2) is 5.16 Å². The molecule has 0 amide bonds. The quantitative estimate of drug-likeness (QED) is 0.423. The molecule has 2 aromatic rings. The summed E-state index contributed by atoms with van der Waals surface area (Å²) in [5, 5.41) is 10.6. The highest BCUT2D eigenvalue weighted by molar-refractivity contribution is 7.99. The van der Waals surface area contributed by atoms with Crippen molar-refractivity contribution >= 4 is 11.8 Å². The molecule has 0 aromatic carbocycles. The summed E-state index contributed by atoms with van der Waals surface area (Å²) in [6.07, 6.45) is 11.8. The molecule has 4 heterocycles. The predicted octanol–water partition coefficient (Wildman–Crippen LogP) is 5.25. The summed E-state index contributed by atoms with van der Waals surface area (Å²) in [5.41, 5.74) is 0. The van der Waals surface area contributed by atoms with Gasteiger partial charge in [-0.1, -0.05) is 31.0 Å². The molecule has 1 saturated carbocycles. The molecular weight excluding hydrogens is 448 g/mol. The highest BCUT2D eigenvalue weighted by atomic mass is 32.2. The van der Waals surface area contributed by atoms with Gasteiger partial charge in [0, 0.05) is 25.4 Å². The summed E-state index contributed by atoms with van der Waals surface area (Å²) in [7, 11) is 1.70.